The lowest BCUT2D eigenvalue weighted by atomic mass is 10.1. The van der Waals surface area contributed by atoms with Crippen LogP contribution >= 0.6 is 0 Å². The van der Waals surface area contributed by atoms with Gasteiger partial charge in [0.15, 0.2) is 17.5 Å². The number of halogens is 2. The van der Waals surface area contributed by atoms with E-state index in [0.717, 1.165) is 33.8 Å². The van der Waals surface area contributed by atoms with Crippen molar-refractivity contribution in [3.63, 3.8) is 0 Å². The number of carbonyl (C=O) groups excluding carboxylic acids is 1. The third kappa shape index (κ3) is 5.34. The smallest absolute Gasteiger partial charge is 0.266 e. The van der Waals surface area contributed by atoms with Gasteiger partial charge in [0.25, 0.3) is 11.5 Å². The fraction of sp³-hybridized carbons (Fsp3) is 0.160. The first-order valence-electron chi connectivity index (χ1n) is 10.7. The molecule has 0 aliphatic carbocycles. The topological polar surface area (TPSA) is 102 Å². The van der Waals surface area contributed by atoms with Crippen LogP contribution in [0.3, 0.4) is 0 Å². The minimum atomic E-state index is -1.03. The molecule has 0 saturated carbocycles. The standard InChI is InChI=1S/C25H20F2N6O3/c1-32(36-2)23-18-10-16(6-8-22(18)30-14-31-23)4-3-9-29-24(34)19-12-28-15-33(25(19)35)13-17-5-7-20(26)21(27)11-17/h5-8,10-12,14-15H,9,13H2,1-2H3,(H,29,34). The summed E-state index contributed by atoms with van der Waals surface area (Å²) in [5.74, 6) is 3.70. The maximum atomic E-state index is 13.5. The van der Waals surface area contributed by atoms with Crippen LogP contribution in [0.1, 0.15) is 21.5 Å². The van der Waals surface area contributed by atoms with Crippen molar-refractivity contribution in [1.82, 2.24) is 24.8 Å². The number of benzene rings is 2. The molecular formula is C25H20F2N6O3. The Balaban J connectivity index is 1.45. The molecule has 1 amide bonds. The summed E-state index contributed by atoms with van der Waals surface area (Å²) < 4.78 is 27.7. The second kappa shape index (κ2) is 10.7. The highest BCUT2D eigenvalue weighted by Crippen LogP contribution is 2.23. The van der Waals surface area contributed by atoms with Crippen LogP contribution in [0.5, 0.6) is 0 Å². The average Bonchev–Trinajstić information content (AvgIpc) is 2.89. The third-order valence-corrected chi connectivity index (χ3v) is 5.24. The summed E-state index contributed by atoms with van der Waals surface area (Å²) in [6.07, 6.45) is 3.81. The normalized spacial score (nSPS) is 10.6. The van der Waals surface area contributed by atoms with Crippen LogP contribution in [0, 0.1) is 23.5 Å². The Morgan fingerprint density at radius 2 is 2.00 bits per heavy atom. The van der Waals surface area contributed by atoms with Crippen LogP contribution in [0.15, 0.2) is 60.0 Å². The monoisotopic (exact) mass is 490 g/mol. The van der Waals surface area contributed by atoms with E-state index >= 15 is 0 Å². The molecule has 11 heteroatoms. The van der Waals surface area contributed by atoms with Crippen LogP contribution in [0.2, 0.25) is 0 Å². The molecule has 0 aliphatic rings. The number of carbonyl (C=O) groups is 1. The van der Waals surface area contributed by atoms with Gasteiger partial charge in [-0.15, -0.1) is 0 Å². The summed E-state index contributed by atoms with van der Waals surface area (Å²) in [5, 5.41) is 4.82. The molecule has 4 aromatic rings. The maximum absolute atomic E-state index is 13.5. The zero-order chi connectivity index (χ0) is 25.7. The van der Waals surface area contributed by atoms with E-state index in [1.165, 1.54) is 30.9 Å². The van der Waals surface area contributed by atoms with Crippen LogP contribution in [-0.2, 0) is 11.4 Å². The van der Waals surface area contributed by atoms with Gasteiger partial charge in [-0.2, -0.15) is 0 Å². The zero-order valence-corrected chi connectivity index (χ0v) is 19.3. The fourth-order valence-corrected chi connectivity index (χ4v) is 3.38. The maximum Gasteiger partial charge on any atom is 0.266 e. The number of hydroxylamine groups is 1. The summed E-state index contributed by atoms with van der Waals surface area (Å²) >= 11 is 0. The van der Waals surface area contributed by atoms with Gasteiger partial charge in [0, 0.05) is 24.2 Å². The number of fused-ring (bicyclic) bond motifs is 1. The van der Waals surface area contributed by atoms with Gasteiger partial charge < -0.3 is 5.32 Å². The molecule has 0 unspecified atom stereocenters. The second-order valence-electron chi connectivity index (χ2n) is 7.58. The van der Waals surface area contributed by atoms with Gasteiger partial charge in [0.05, 0.1) is 32.0 Å². The van der Waals surface area contributed by atoms with Crippen molar-refractivity contribution in [1.29, 1.82) is 0 Å². The lowest BCUT2D eigenvalue weighted by Crippen LogP contribution is -2.33. The summed E-state index contributed by atoms with van der Waals surface area (Å²) in [7, 11) is 3.25. The number of hydrogen-bond acceptors (Lipinski definition) is 7. The van der Waals surface area contributed by atoms with E-state index in [4.69, 9.17) is 4.84 Å². The number of hydrogen-bond donors (Lipinski definition) is 1. The van der Waals surface area contributed by atoms with Gasteiger partial charge in [-0.05, 0) is 35.9 Å². The number of amides is 1. The number of nitrogens with zero attached hydrogens (tertiary/aromatic N) is 5. The minimum absolute atomic E-state index is 0.0233. The van der Waals surface area contributed by atoms with E-state index in [9.17, 15) is 18.4 Å². The molecule has 0 atom stereocenters. The molecule has 2 aromatic heterocycles. The molecule has 2 heterocycles. The molecule has 0 radical (unpaired) electrons. The molecule has 9 nitrogen and oxygen atoms in total. The zero-order valence-electron chi connectivity index (χ0n) is 19.3. The highest BCUT2D eigenvalue weighted by molar-refractivity contribution is 5.93. The van der Waals surface area contributed by atoms with Crippen molar-refractivity contribution >= 4 is 22.6 Å². The summed E-state index contributed by atoms with van der Waals surface area (Å²) in [4.78, 5) is 42.8. The first kappa shape index (κ1) is 24.4. The van der Waals surface area contributed by atoms with E-state index in [1.54, 1.807) is 19.2 Å². The molecule has 0 aliphatic heterocycles. The van der Waals surface area contributed by atoms with Crippen molar-refractivity contribution in [2.75, 3.05) is 25.8 Å². The fourth-order valence-electron chi connectivity index (χ4n) is 3.38. The molecule has 4 rings (SSSR count). The summed E-state index contributed by atoms with van der Waals surface area (Å²) in [6.45, 7) is -0.0968. The summed E-state index contributed by atoms with van der Waals surface area (Å²) in [6, 6.07) is 8.71. The molecule has 0 bridgehead atoms. The Labute approximate surface area is 204 Å². The van der Waals surface area contributed by atoms with E-state index < -0.39 is 23.1 Å². The van der Waals surface area contributed by atoms with Gasteiger partial charge in [-0.1, -0.05) is 17.9 Å². The SMILES string of the molecule is CON(C)c1ncnc2ccc(C#CCNC(=O)c3cncn(Cc4ccc(F)c(F)c4)c3=O)cc12. The van der Waals surface area contributed by atoms with E-state index in [2.05, 4.69) is 32.1 Å². The van der Waals surface area contributed by atoms with E-state index in [0.29, 0.717) is 16.9 Å². The van der Waals surface area contributed by atoms with Crippen molar-refractivity contribution in [3.05, 3.63) is 93.9 Å². The molecular weight excluding hydrogens is 470 g/mol. The Hall–Kier alpha value is -4.69. The number of anilines is 1. The quantitative estimate of drug-likeness (QED) is 0.327. The molecule has 1 N–H and O–H groups in total. The van der Waals surface area contributed by atoms with Crippen molar-refractivity contribution in [2.45, 2.75) is 6.54 Å². The van der Waals surface area contributed by atoms with E-state index in [1.807, 2.05) is 6.07 Å². The van der Waals surface area contributed by atoms with Crippen molar-refractivity contribution in [3.8, 4) is 11.8 Å². The molecule has 0 fully saturated rings. The number of nitrogens with one attached hydrogen (secondary N) is 1. The van der Waals surface area contributed by atoms with Crippen LogP contribution in [-0.4, -0.2) is 46.1 Å². The number of aromatic nitrogens is 4. The molecule has 182 valence electrons. The first-order chi connectivity index (χ1) is 17.4. The third-order valence-electron chi connectivity index (χ3n) is 5.24. The molecule has 36 heavy (non-hydrogen) atoms. The highest BCUT2D eigenvalue weighted by atomic mass is 19.2. The predicted molar refractivity (Wildman–Crippen MR) is 128 cm³/mol. The van der Waals surface area contributed by atoms with Crippen LogP contribution < -0.4 is 15.9 Å². The number of rotatable bonds is 6. The highest BCUT2D eigenvalue weighted by Gasteiger charge is 2.13. The Morgan fingerprint density at radius 1 is 1.17 bits per heavy atom. The first-order valence-corrected chi connectivity index (χ1v) is 10.7. The average molecular weight is 490 g/mol. The van der Waals surface area contributed by atoms with Crippen molar-refractivity contribution < 1.29 is 18.4 Å². The van der Waals surface area contributed by atoms with Crippen LogP contribution in [0.4, 0.5) is 14.6 Å². The van der Waals surface area contributed by atoms with Crippen LogP contribution in [0.25, 0.3) is 10.9 Å². The van der Waals surface area contributed by atoms with E-state index in [-0.39, 0.29) is 18.7 Å². The molecule has 0 spiro atoms. The minimum Gasteiger partial charge on any atom is -0.341 e. The largest absolute Gasteiger partial charge is 0.341 e. The Kier molecular flexibility index (Phi) is 7.27. The van der Waals surface area contributed by atoms with Gasteiger partial charge in [0.2, 0.25) is 0 Å². The molecule has 2 aromatic carbocycles. The van der Waals surface area contributed by atoms with Gasteiger partial charge in [-0.25, -0.2) is 28.8 Å². The predicted octanol–water partition coefficient (Wildman–Crippen LogP) is 2.29. The molecule has 0 saturated heterocycles. The second-order valence-corrected chi connectivity index (χ2v) is 7.58. The van der Waals surface area contributed by atoms with Gasteiger partial charge >= 0.3 is 0 Å². The lowest BCUT2D eigenvalue weighted by Gasteiger charge is -2.16. The Bertz CT molecular complexity index is 1560. The Morgan fingerprint density at radius 3 is 2.78 bits per heavy atom. The van der Waals surface area contributed by atoms with Crippen molar-refractivity contribution in [2.24, 2.45) is 0 Å². The van der Waals surface area contributed by atoms with Gasteiger partial charge in [-0.3, -0.25) is 19.0 Å². The lowest BCUT2D eigenvalue weighted by molar-refractivity contribution is 0.0956. The summed E-state index contributed by atoms with van der Waals surface area (Å²) in [5.41, 5.74) is 0.926. The van der Waals surface area contributed by atoms with Gasteiger partial charge in [0.1, 0.15) is 11.9 Å².